The second-order valence-electron chi connectivity index (χ2n) is 5.35. The molecule has 0 spiro atoms. The van der Waals surface area contributed by atoms with Crippen molar-refractivity contribution in [2.45, 2.75) is 25.5 Å². The van der Waals surface area contributed by atoms with E-state index in [1.165, 1.54) is 10.8 Å². The molecule has 0 saturated heterocycles. The predicted molar refractivity (Wildman–Crippen MR) is 82.6 cm³/mol. The molecule has 118 valence electrons. The van der Waals surface area contributed by atoms with Gasteiger partial charge >= 0.3 is 5.69 Å². The van der Waals surface area contributed by atoms with E-state index >= 15 is 0 Å². The molecule has 0 amide bonds. The molecule has 2 unspecified atom stereocenters. The molecule has 1 aliphatic rings. The lowest BCUT2D eigenvalue weighted by atomic mass is 9.97. The van der Waals surface area contributed by atoms with E-state index in [0.29, 0.717) is 25.0 Å². The van der Waals surface area contributed by atoms with Crippen LogP contribution in [0.2, 0.25) is 0 Å². The number of ether oxygens (including phenoxy) is 1. The van der Waals surface area contributed by atoms with Crippen LogP contribution in [0.5, 0.6) is 0 Å². The third-order valence-electron chi connectivity index (χ3n) is 3.80. The summed E-state index contributed by atoms with van der Waals surface area (Å²) in [7, 11) is 0. The third-order valence-corrected chi connectivity index (χ3v) is 3.80. The van der Waals surface area contributed by atoms with E-state index in [4.69, 9.17) is 4.74 Å². The summed E-state index contributed by atoms with van der Waals surface area (Å²) >= 11 is 0. The minimum atomic E-state index is -0.936. The molecule has 6 nitrogen and oxygen atoms in total. The summed E-state index contributed by atoms with van der Waals surface area (Å²) in [5.74, 6) is -0.105. The highest BCUT2D eigenvalue weighted by atomic mass is 16.5. The molecule has 1 aromatic rings. The minimum Gasteiger partial charge on any atom is -0.396 e. The summed E-state index contributed by atoms with van der Waals surface area (Å²) in [6.07, 6.45) is 7.94. The fourth-order valence-corrected chi connectivity index (χ4v) is 2.53. The van der Waals surface area contributed by atoms with E-state index in [1.807, 2.05) is 12.2 Å². The lowest BCUT2D eigenvalue weighted by Crippen LogP contribution is -2.44. The van der Waals surface area contributed by atoms with Crippen LogP contribution in [0.15, 0.2) is 46.3 Å². The Morgan fingerprint density at radius 2 is 2.41 bits per heavy atom. The molecule has 22 heavy (non-hydrogen) atoms. The number of aromatic nitrogens is 2. The van der Waals surface area contributed by atoms with Crippen LogP contribution in [-0.4, -0.2) is 27.9 Å². The Kier molecular flexibility index (Phi) is 4.98. The Balaban J connectivity index is 2.36. The fraction of sp³-hybridized carbons (Fsp3) is 0.438. The number of aliphatic hydroxyl groups is 1. The zero-order valence-electron chi connectivity index (χ0n) is 12.5. The third kappa shape index (κ3) is 3.20. The van der Waals surface area contributed by atoms with Crippen molar-refractivity contribution in [2.75, 3.05) is 13.2 Å². The van der Waals surface area contributed by atoms with Gasteiger partial charge in [-0.15, -0.1) is 5.73 Å². The Morgan fingerprint density at radius 1 is 1.64 bits per heavy atom. The van der Waals surface area contributed by atoms with Crippen molar-refractivity contribution in [3.63, 3.8) is 0 Å². The van der Waals surface area contributed by atoms with E-state index in [0.717, 1.165) is 0 Å². The van der Waals surface area contributed by atoms with Crippen LogP contribution in [0.3, 0.4) is 0 Å². The number of hydrogen-bond donors (Lipinski definition) is 2. The van der Waals surface area contributed by atoms with Gasteiger partial charge in [-0.05, 0) is 25.5 Å². The maximum Gasteiger partial charge on any atom is 0.330 e. The molecule has 1 aliphatic heterocycles. The monoisotopic (exact) mass is 304 g/mol. The Morgan fingerprint density at radius 3 is 3.00 bits per heavy atom. The SMILES string of the molecule is C=C=CC(CO)CCC1(n2cc(C)c(=O)[nH]c2=O)C=CCO1. The van der Waals surface area contributed by atoms with Gasteiger partial charge in [0.25, 0.3) is 5.56 Å². The number of aromatic amines is 1. The highest BCUT2D eigenvalue weighted by molar-refractivity contribution is 5.10. The lowest BCUT2D eigenvalue weighted by Gasteiger charge is -2.30. The van der Waals surface area contributed by atoms with Crippen LogP contribution in [0.25, 0.3) is 0 Å². The number of nitrogens with one attached hydrogen (secondary N) is 1. The first-order valence-corrected chi connectivity index (χ1v) is 7.14. The van der Waals surface area contributed by atoms with E-state index < -0.39 is 17.0 Å². The highest BCUT2D eigenvalue weighted by Crippen LogP contribution is 2.30. The maximum absolute atomic E-state index is 12.1. The van der Waals surface area contributed by atoms with Gasteiger partial charge in [-0.3, -0.25) is 14.3 Å². The number of H-pyrrole nitrogens is 1. The van der Waals surface area contributed by atoms with Gasteiger partial charge in [-0.2, -0.15) is 0 Å². The largest absolute Gasteiger partial charge is 0.396 e. The Labute approximate surface area is 128 Å². The molecular weight excluding hydrogens is 284 g/mol. The number of rotatable bonds is 6. The van der Waals surface area contributed by atoms with Crippen LogP contribution >= 0.6 is 0 Å². The molecule has 1 aromatic heterocycles. The summed E-state index contributed by atoms with van der Waals surface area (Å²) in [4.78, 5) is 26.0. The molecule has 2 heterocycles. The first-order valence-electron chi connectivity index (χ1n) is 7.14. The van der Waals surface area contributed by atoms with Gasteiger partial charge in [0.2, 0.25) is 0 Å². The zero-order valence-corrected chi connectivity index (χ0v) is 12.5. The summed E-state index contributed by atoms with van der Waals surface area (Å²) in [5.41, 5.74) is 1.25. The van der Waals surface area contributed by atoms with Crippen LogP contribution in [0.1, 0.15) is 18.4 Å². The van der Waals surface area contributed by atoms with Crippen molar-refractivity contribution in [3.8, 4) is 0 Å². The molecule has 0 saturated carbocycles. The number of aryl methyl sites for hydroxylation is 1. The number of hydrogen-bond acceptors (Lipinski definition) is 4. The van der Waals surface area contributed by atoms with Gasteiger partial charge in [0, 0.05) is 30.7 Å². The first-order chi connectivity index (χ1) is 10.5. The van der Waals surface area contributed by atoms with Crippen molar-refractivity contribution < 1.29 is 9.84 Å². The molecule has 2 rings (SSSR count). The van der Waals surface area contributed by atoms with Crippen LogP contribution in [-0.2, 0) is 10.5 Å². The molecular formula is C16H20N2O4. The summed E-state index contributed by atoms with van der Waals surface area (Å²) in [6, 6.07) is 0. The van der Waals surface area contributed by atoms with Gasteiger partial charge in [0.05, 0.1) is 6.61 Å². The number of nitrogens with zero attached hydrogens (tertiary/aromatic N) is 1. The van der Waals surface area contributed by atoms with Gasteiger partial charge in [-0.1, -0.05) is 12.7 Å². The van der Waals surface area contributed by atoms with Crippen molar-refractivity contribution in [2.24, 2.45) is 5.92 Å². The zero-order chi connectivity index (χ0) is 16.2. The van der Waals surface area contributed by atoms with E-state index in [1.54, 1.807) is 13.0 Å². The molecule has 2 N–H and O–H groups in total. The van der Waals surface area contributed by atoms with Gasteiger partial charge in [0.15, 0.2) is 5.72 Å². The van der Waals surface area contributed by atoms with E-state index in [-0.39, 0.29) is 12.5 Å². The Bertz CT molecular complexity index is 724. The normalized spacial score (nSPS) is 21.5. The van der Waals surface area contributed by atoms with Gasteiger partial charge in [-0.25, -0.2) is 4.79 Å². The standard InChI is InChI=1S/C16H20N2O4/c1-3-5-13(11-19)6-8-16(7-4-9-22-16)18-10-12(2)14(20)17-15(18)21/h4-5,7,10,13,19H,1,6,8-9,11H2,2H3,(H,17,20,21). The first kappa shape index (κ1) is 16.2. The van der Waals surface area contributed by atoms with Crippen LogP contribution in [0.4, 0.5) is 0 Å². The number of aliphatic hydroxyl groups excluding tert-OH is 1. The van der Waals surface area contributed by atoms with Gasteiger partial charge < -0.3 is 9.84 Å². The molecule has 0 aliphatic carbocycles. The van der Waals surface area contributed by atoms with Crippen molar-refractivity contribution in [1.82, 2.24) is 9.55 Å². The molecule has 2 atom stereocenters. The van der Waals surface area contributed by atoms with Gasteiger partial charge in [0.1, 0.15) is 0 Å². The molecule has 0 bridgehead atoms. The van der Waals surface area contributed by atoms with E-state index in [2.05, 4.69) is 17.3 Å². The highest BCUT2D eigenvalue weighted by Gasteiger charge is 2.34. The molecule has 6 heteroatoms. The average molecular weight is 304 g/mol. The summed E-state index contributed by atoms with van der Waals surface area (Å²) in [6.45, 7) is 5.51. The smallest absolute Gasteiger partial charge is 0.330 e. The van der Waals surface area contributed by atoms with Crippen LogP contribution < -0.4 is 11.2 Å². The Hall–Kier alpha value is -2.14. The second kappa shape index (κ2) is 6.75. The molecule has 0 aromatic carbocycles. The molecule has 0 fully saturated rings. The minimum absolute atomic E-state index is 0.0259. The second-order valence-corrected chi connectivity index (χ2v) is 5.35. The summed E-state index contributed by atoms with van der Waals surface area (Å²) in [5, 5.41) is 9.35. The van der Waals surface area contributed by atoms with Crippen molar-refractivity contribution in [1.29, 1.82) is 0 Å². The summed E-state index contributed by atoms with van der Waals surface area (Å²) < 4.78 is 7.18. The average Bonchev–Trinajstić information content (AvgIpc) is 2.97. The van der Waals surface area contributed by atoms with Crippen LogP contribution in [0, 0.1) is 12.8 Å². The topological polar surface area (TPSA) is 84.3 Å². The van der Waals surface area contributed by atoms with Crippen molar-refractivity contribution >= 4 is 0 Å². The maximum atomic E-state index is 12.1. The lowest BCUT2D eigenvalue weighted by molar-refractivity contribution is -0.0523. The quantitative estimate of drug-likeness (QED) is 0.602. The van der Waals surface area contributed by atoms with Crippen molar-refractivity contribution in [3.05, 3.63) is 63.1 Å². The molecule has 0 radical (unpaired) electrons. The fourth-order valence-electron chi connectivity index (χ4n) is 2.53. The van der Waals surface area contributed by atoms with E-state index in [9.17, 15) is 14.7 Å². The predicted octanol–water partition coefficient (Wildman–Crippen LogP) is 0.814.